The van der Waals surface area contributed by atoms with Gasteiger partial charge in [-0.1, -0.05) is 0 Å². The number of nitriles is 3. The van der Waals surface area contributed by atoms with Crippen molar-refractivity contribution in [2.24, 2.45) is 0 Å². The molecule has 0 aromatic rings. The maximum Gasteiger partial charge on any atom is 0.0635 e. The van der Waals surface area contributed by atoms with Crippen LogP contribution in [0.2, 0.25) is 0 Å². The van der Waals surface area contributed by atoms with Gasteiger partial charge in [-0.25, -0.2) is 0 Å². The van der Waals surface area contributed by atoms with Gasteiger partial charge in [-0.2, -0.15) is 15.8 Å². The van der Waals surface area contributed by atoms with Gasteiger partial charge in [-0.05, 0) is 40.5 Å². The zero-order valence-electron chi connectivity index (χ0n) is 12.5. The quantitative estimate of drug-likeness (QED) is 0.670. The van der Waals surface area contributed by atoms with Crippen LogP contribution in [-0.2, 0) is 0 Å². The van der Waals surface area contributed by atoms with E-state index in [-0.39, 0.29) is 11.1 Å². The van der Waals surface area contributed by atoms with Crippen molar-refractivity contribution < 1.29 is 0 Å². The zero-order valence-corrected chi connectivity index (χ0v) is 12.5. The number of hydrogen-bond donors (Lipinski definition) is 0. The highest BCUT2D eigenvalue weighted by Crippen LogP contribution is 2.32. The molecule has 0 fully saturated rings. The van der Waals surface area contributed by atoms with E-state index in [1.165, 1.54) is 0 Å². The van der Waals surface area contributed by atoms with E-state index in [4.69, 9.17) is 15.8 Å². The molecule has 0 aliphatic carbocycles. The third-order valence-corrected chi connectivity index (χ3v) is 3.61. The maximum absolute atomic E-state index is 8.82. The molecule has 0 aliphatic rings. The average Bonchev–Trinajstić information content (AvgIpc) is 2.34. The summed E-state index contributed by atoms with van der Waals surface area (Å²) < 4.78 is 0. The van der Waals surface area contributed by atoms with Crippen LogP contribution in [0.1, 0.15) is 59.8 Å². The Kier molecular flexibility index (Phi) is 7.13. The van der Waals surface area contributed by atoms with Crippen molar-refractivity contribution in [3.05, 3.63) is 0 Å². The second-order valence-electron chi connectivity index (χ2n) is 6.00. The van der Waals surface area contributed by atoms with Gasteiger partial charge in [0.15, 0.2) is 0 Å². The molecule has 0 heterocycles. The molecule has 4 heteroatoms. The summed E-state index contributed by atoms with van der Waals surface area (Å²) >= 11 is 0. The first-order valence-corrected chi connectivity index (χ1v) is 6.70. The molecule has 0 bridgehead atoms. The summed E-state index contributed by atoms with van der Waals surface area (Å²) in [4.78, 5) is 2.28. The van der Waals surface area contributed by atoms with Crippen LogP contribution in [0, 0.1) is 34.0 Å². The van der Waals surface area contributed by atoms with Crippen molar-refractivity contribution >= 4 is 0 Å². The summed E-state index contributed by atoms with van der Waals surface area (Å²) in [5.74, 6) is 0. The fraction of sp³-hybridized carbons (Fsp3) is 0.800. The van der Waals surface area contributed by atoms with E-state index in [0.717, 1.165) is 12.8 Å². The van der Waals surface area contributed by atoms with Crippen molar-refractivity contribution in [1.29, 1.82) is 15.8 Å². The Morgan fingerprint density at radius 1 is 0.737 bits per heavy atom. The van der Waals surface area contributed by atoms with Gasteiger partial charge in [0, 0.05) is 36.9 Å². The number of rotatable bonds is 8. The standard InChI is InChI=1S/C15H24N4/c1-14(2,8-5-10-16)19(13-7-12-18)15(3,4)9-6-11-17/h5-9,13H2,1-4H3. The first-order valence-electron chi connectivity index (χ1n) is 6.70. The van der Waals surface area contributed by atoms with Gasteiger partial charge in [0.05, 0.1) is 18.2 Å². The summed E-state index contributed by atoms with van der Waals surface area (Å²) in [5.41, 5.74) is -0.295. The van der Waals surface area contributed by atoms with Crippen LogP contribution in [0.4, 0.5) is 0 Å². The summed E-state index contributed by atoms with van der Waals surface area (Å²) in [7, 11) is 0. The van der Waals surface area contributed by atoms with Crippen LogP contribution in [0.15, 0.2) is 0 Å². The minimum atomic E-state index is -0.147. The van der Waals surface area contributed by atoms with Crippen molar-refractivity contribution in [2.75, 3.05) is 6.54 Å². The van der Waals surface area contributed by atoms with Crippen molar-refractivity contribution in [1.82, 2.24) is 4.90 Å². The van der Waals surface area contributed by atoms with E-state index in [9.17, 15) is 0 Å². The molecule has 0 amide bonds. The van der Waals surface area contributed by atoms with Crippen molar-refractivity contribution in [2.45, 2.75) is 70.9 Å². The lowest BCUT2D eigenvalue weighted by Crippen LogP contribution is -2.55. The number of hydrogen-bond acceptors (Lipinski definition) is 4. The van der Waals surface area contributed by atoms with Crippen LogP contribution in [-0.4, -0.2) is 22.5 Å². The van der Waals surface area contributed by atoms with E-state index >= 15 is 0 Å². The van der Waals surface area contributed by atoms with Crippen molar-refractivity contribution in [3.8, 4) is 18.2 Å². The zero-order chi connectivity index (χ0) is 14.9. The van der Waals surface area contributed by atoms with Gasteiger partial charge >= 0.3 is 0 Å². The van der Waals surface area contributed by atoms with E-state index in [1.807, 2.05) is 0 Å². The molecule has 0 saturated carbocycles. The Labute approximate surface area is 117 Å². The van der Waals surface area contributed by atoms with Crippen LogP contribution in [0.3, 0.4) is 0 Å². The predicted octanol–water partition coefficient (Wildman–Crippen LogP) is 3.37. The second kappa shape index (κ2) is 7.78. The Morgan fingerprint density at radius 2 is 1.11 bits per heavy atom. The third kappa shape index (κ3) is 5.73. The van der Waals surface area contributed by atoms with E-state index in [2.05, 4.69) is 50.8 Å². The Bertz CT molecular complexity index is 360. The Balaban J connectivity index is 5.04. The molecule has 0 N–H and O–H groups in total. The predicted molar refractivity (Wildman–Crippen MR) is 74.8 cm³/mol. The molecule has 0 atom stereocenters. The lowest BCUT2D eigenvalue weighted by molar-refractivity contribution is 0.00932. The number of nitrogens with zero attached hydrogens (tertiary/aromatic N) is 4. The fourth-order valence-corrected chi connectivity index (χ4v) is 2.58. The van der Waals surface area contributed by atoms with Crippen molar-refractivity contribution in [3.63, 3.8) is 0 Å². The average molecular weight is 260 g/mol. The summed E-state index contributed by atoms with van der Waals surface area (Å²) in [5, 5.41) is 26.4. The van der Waals surface area contributed by atoms with E-state index in [0.29, 0.717) is 25.8 Å². The molecule has 0 aliphatic heterocycles. The maximum atomic E-state index is 8.82. The Hall–Kier alpha value is -1.57. The molecule has 4 nitrogen and oxygen atoms in total. The van der Waals surface area contributed by atoms with Gasteiger partial charge in [-0.15, -0.1) is 0 Å². The lowest BCUT2D eigenvalue weighted by Gasteiger charge is -2.48. The molecule has 0 unspecified atom stereocenters. The highest BCUT2D eigenvalue weighted by Gasteiger charge is 2.36. The van der Waals surface area contributed by atoms with Crippen LogP contribution in [0.5, 0.6) is 0 Å². The Morgan fingerprint density at radius 3 is 1.42 bits per heavy atom. The first-order chi connectivity index (χ1) is 8.81. The third-order valence-electron chi connectivity index (χ3n) is 3.61. The molecule has 19 heavy (non-hydrogen) atoms. The van der Waals surface area contributed by atoms with Gasteiger partial charge in [0.2, 0.25) is 0 Å². The van der Waals surface area contributed by atoms with Gasteiger partial charge in [0.25, 0.3) is 0 Å². The van der Waals surface area contributed by atoms with Gasteiger partial charge < -0.3 is 0 Å². The van der Waals surface area contributed by atoms with Crippen LogP contribution in [0.25, 0.3) is 0 Å². The first kappa shape index (κ1) is 17.4. The second-order valence-corrected chi connectivity index (χ2v) is 6.00. The molecule has 0 radical (unpaired) electrons. The smallest absolute Gasteiger partial charge is 0.0635 e. The highest BCUT2D eigenvalue weighted by atomic mass is 15.2. The molecule has 0 aromatic carbocycles. The topological polar surface area (TPSA) is 74.6 Å². The SMILES string of the molecule is CC(C)(CCC#N)N(CCC#N)C(C)(C)CCC#N. The summed E-state index contributed by atoms with van der Waals surface area (Å²) in [6.07, 6.45) is 3.01. The van der Waals surface area contributed by atoms with Crippen LogP contribution < -0.4 is 0 Å². The molecule has 0 spiro atoms. The summed E-state index contributed by atoms with van der Waals surface area (Å²) in [6, 6.07) is 6.55. The normalized spacial score (nSPS) is 11.7. The molecule has 0 aromatic heterocycles. The fourth-order valence-electron chi connectivity index (χ4n) is 2.58. The molecular weight excluding hydrogens is 236 g/mol. The van der Waals surface area contributed by atoms with Gasteiger partial charge in [0.1, 0.15) is 0 Å². The monoisotopic (exact) mass is 260 g/mol. The van der Waals surface area contributed by atoms with E-state index in [1.54, 1.807) is 0 Å². The molecule has 0 rings (SSSR count). The highest BCUT2D eigenvalue weighted by molar-refractivity contribution is 4.96. The minimum Gasteiger partial charge on any atom is -0.292 e. The largest absolute Gasteiger partial charge is 0.292 e. The molecule has 104 valence electrons. The molecular formula is C15H24N4. The van der Waals surface area contributed by atoms with E-state index < -0.39 is 0 Å². The van der Waals surface area contributed by atoms with Gasteiger partial charge in [-0.3, -0.25) is 4.90 Å². The summed E-state index contributed by atoms with van der Waals surface area (Å²) in [6.45, 7) is 9.10. The molecule has 0 saturated heterocycles. The van der Waals surface area contributed by atoms with Crippen LogP contribution >= 0.6 is 0 Å². The lowest BCUT2D eigenvalue weighted by atomic mass is 9.86. The minimum absolute atomic E-state index is 0.147.